The van der Waals surface area contributed by atoms with Gasteiger partial charge >= 0.3 is 0 Å². The van der Waals surface area contributed by atoms with Gasteiger partial charge in [-0.1, -0.05) is 0 Å². The van der Waals surface area contributed by atoms with Crippen molar-refractivity contribution in [3.05, 3.63) is 36.4 Å². The number of nitrogens with zero attached hydrogens (tertiary/aromatic N) is 2. The highest BCUT2D eigenvalue weighted by atomic mass is 16.3. The minimum Gasteiger partial charge on any atom is -0.507 e. The zero-order chi connectivity index (χ0) is 25.1. The highest BCUT2D eigenvalue weighted by Crippen LogP contribution is 2.39. The summed E-state index contributed by atoms with van der Waals surface area (Å²) in [7, 11) is 0. The summed E-state index contributed by atoms with van der Waals surface area (Å²) in [5, 5.41) is 50.5. The number of benzene rings is 3. The Labute approximate surface area is 212 Å². The van der Waals surface area contributed by atoms with Crippen LogP contribution in [0.3, 0.4) is 0 Å². The first kappa shape index (κ1) is 24.9. The van der Waals surface area contributed by atoms with Crippen LogP contribution in [0.4, 0.5) is 11.4 Å². The third-order valence-corrected chi connectivity index (χ3v) is 7.95. The molecule has 8 heteroatoms. The van der Waals surface area contributed by atoms with Crippen LogP contribution < -0.4 is 10.6 Å². The van der Waals surface area contributed by atoms with E-state index >= 15 is 0 Å². The Morgan fingerprint density at radius 2 is 1.11 bits per heavy atom. The predicted octanol–water partition coefficient (Wildman–Crippen LogP) is 3.14. The molecule has 194 valence electrons. The Morgan fingerprint density at radius 3 is 1.53 bits per heavy atom. The summed E-state index contributed by atoms with van der Waals surface area (Å²) in [6, 6.07) is 11.6. The first-order valence-electron chi connectivity index (χ1n) is 13.2. The van der Waals surface area contributed by atoms with Crippen molar-refractivity contribution in [2.45, 2.75) is 37.8 Å². The molecular formula is C28H38N4O4. The van der Waals surface area contributed by atoms with Crippen LogP contribution in [0.2, 0.25) is 0 Å². The Hall–Kier alpha value is -2.78. The number of hydrogen-bond donors (Lipinski definition) is 6. The van der Waals surface area contributed by atoms with E-state index in [1.807, 2.05) is 12.1 Å². The maximum absolute atomic E-state index is 10.5. The molecule has 3 aromatic rings. The number of rotatable bonds is 10. The van der Waals surface area contributed by atoms with Crippen LogP contribution in [0.15, 0.2) is 36.4 Å². The lowest BCUT2D eigenvalue weighted by Crippen LogP contribution is -2.35. The second-order valence-electron chi connectivity index (χ2n) is 10.1. The van der Waals surface area contributed by atoms with Crippen molar-refractivity contribution in [2.24, 2.45) is 0 Å². The number of aliphatic hydroxyl groups is 2. The molecule has 36 heavy (non-hydrogen) atoms. The summed E-state index contributed by atoms with van der Waals surface area (Å²) in [6.07, 6.45) is 4.34. The van der Waals surface area contributed by atoms with Gasteiger partial charge in [-0.25, -0.2) is 0 Å². The lowest BCUT2D eigenvalue weighted by molar-refractivity contribution is 0.163. The molecule has 0 aromatic heterocycles. The number of fused-ring (bicyclic) bond motifs is 2. The molecule has 5 rings (SSSR count). The van der Waals surface area contributed by atoms with Crippen LogP contribution >= 0.6 is 0 Å². The molecular weight excluding hydrogens is 456 g/mol. The van der Waals surface area contributed by atoms with Gasteiger partial charge in [0.1, 0.15) is 11.5 Å². The largest absolute Gasteiger partial charge is 0.507 e. The molecule has 0 saturated carbocycles. The van der Waals surface area contributed by atoms with E-state index in [0.29, 0.717) is 10.8 Å². The van der Waals surface area contributed by atoms with Crippen molar-refractivity contribution < 1.29 is 20.4 Å². The van der Waals surface area contributed by atoms with Crippen molar-refractivity contribution in [1.82, 2.24) is 9.80 Å². The highest BCUT2D eigenvalue weighted by molar-refractivity contribution is 6.11. The van der Waals surface area contributed by atoms with Crippen molar-refractivity contribution in [3.8, 4) is 11.5 Å². The molecule has 0 amide bonds. The Kier molecular flexibility index (Phi) is 7.67. The van der Waals surface area contributed by atoms with Gasteiger partial charge in [-0.05, 0) is 75.2 Å². The molecule has 2 fully saturated rings. The number of phenols is 2. The fourth-order valence-electron chi connectivity index (χ4n) is 5.92. The average molecular weight is 495 g/mol. The molecule has 2 aliphatic rings. The smallest absolute Gasteiger partial charge is 0.123 e. The SMILES string of the molecule is OCC1CCCN1CCNc1ccc(NCCN2CCCC2CO)c2cc3c(O)ccc(O)c3cc12. The molecule has 8 nitrogen and oxygen atoms in total. The fraction of sp³-hybridized carbons (Fsp3) is 0.500. The average Bonchev–Trinajstić information content (AvgIpc) is 3.55. The number of anilines is 2. The highest BCUT2D eigenvalue weighted by Gasteiger charge is 2.24. The molecule has 0 aliphatic carbocycles. The summed E-state index contributed by atoms with van der Waals surface area (Å²) in [6.45, 7) is 5.65. The maximum atomic E-state index is 10.5. The van der Waals surface area contributed by atoms with Crippen LogP contribution in [-0.2, 0) is 0 Å². The Morgan fingerprint density at radius 1 is 0.667 bits per heavy atom. The monoisotopic (exact) mass is 494 g/mol. The minimum atomic E-state index is 0.140. The fourth-order valence-corrected chi connectivity index (χ4v) is 5.92. The molecule has 0 radical (unpaired) electrons. The van der Waals surface area contributed by atoms with Crippen molar-refractivity contribution in [3.63, 3.8) is 0 Å². The quantitative estimate of drug-likeness (QED) is 0.188. The van der Waals surface area contributed by atoms with E-state index in [1.165, 1.54) is 12.1 Å². The van der Waals surface area contributed by atoms with Crippen LogP contribution in [0, 0.1) is 0 Å². The van der Waals surface area contributed by atoms with Gasteiger partial charge in [0.2, 0.25) is 0 Å². The Bertz CT molecular complexity index is 1110. The number of nitrogens with one attached hydrogen (secondary N) is 2. The molecule has 2 unspecified atom stereocenters. The molecule has 3 aromatic carbocycles. The molecule has 2 atom stereocenters. The molecule has 0 bridgehead atoms. The molecule has 2 aliphatic heterocycles. The molecule has 2 heterocycles. The second-order valence-corrected chi connectivity index (χ2v) is 10.1. The number of aromatic hydroxyl groups is 2. The number of likely N-dealkylation sites (tertiary alicyclic amines) is 2. The zero-order valence-electron chi connectivity index (χ0n) is 20.8. The summed E-state index contributed by atoms with van der Waals surface area (Å²) in [4.78, 5) is 4.67. The van der Waals surface area contributed by atoms with Crippen molar-refractivity contribution >= 4 is 32.9 Å². The van der Waals surface area contributed by atoms with Crippen LogP contribution in [0.25, 0.3) is 21.5 Å². The van der Waals surface area contributed by atoms with Crippen molar-refractivity contribution in [2.75, 3.05) is 63.1 Å². The maximum Gasteiger partial charge on any atom is 0.123 e. The lowest BCUT2D eigenvalue weighted by atomic mass is 9.99. The van der Waals surface area contributed by atoms with Gasteiger partial charge in [-0.3, -0.25) is 9.80 Å². The van der Waals surface area contributed by atoms with Gasteiger partial charge in [0.05, 0.1) is 13.2 Å². The van der Waals surface area contributed by atoms with Gasteiger partial charge < -0.3 is 31.1 Å². The summed E-state index contributed by atoms with van der Waals surface area (Å²) >= 11 is 0. The number of phenolic OH excluding ortho intramolecular Hbond substituents is 2. The normalized spacial score (nSPS) is 21.1. The van der Waals surface area contributed by atoms with Gasteiger partial charge in [0.15, 0.2) is 0 Å². The number of aliphatic hydroxyl groups excluding tert-OH is 2. The van der Waals surface area contributed by atoms with E-state index in [1.54, 1.807) is 0 Å². The summed E-state index contributed by atoms with van der Waals surface area (Å²) in [5.41, 5.74) is 1.94. The van der Waals surface area contributed by atoms with E-state index in [2.05, 4.69) is 32.6 Å². The van der Waals surface area contributed by atoms with Gasteiger partial charge in [-0.2, -0.15) is 0 Å². The van der Waals surface area contributed by atoms with Gasteiger partial charge in [0, 0.05) is 71.2 Å². The van der Waals surface area contributed by atoms with E-state index in [9.17, 15) is 20.4 Å². The minimum absolute atomic E-state index is 0.140. The van der Waals surface area contributed by atoms with E-state index in [0.717, 1.165) is 87.1 Å². The summed E-state index contributed by atoms with van der Waals surface area (Å²) < 4.78 is 0. The summed E-state index contributed by atoms with van der Waals surface area (Å²) in [5.74, 6) is 0.280. The molecule has 0 spiro atoms. The first-order valence-corrected chi connectivity index (χ1v) is 13.2. The molecule has 6 N–H and O–H groups in total. The van der Waals surface area contributed by atoms with E-state index < -0.39 is 0 Å². The third kappa shape index (κ3) is 5.04. The van der Waals surface area contributed by atoms with E-state index in [4.69, 9.17) is 0 Å². The Balaban J connectivity index is 1.40. The van der Waals surface area contributed by atoms with Gasteiger partial charge in [-0.15, -0.1) is 0 Å². The molecule has 2 saturated heterocycles. The number of hydrogen-bond acceptors (Lipinski definition) is 8. The first-order chi connectivity index (χ1) is 17.6. The standard InChI is InChI=1S/C28H38N4O4/c33-17-19-3-1-11-31(19)13-9-29-25-5-6-26(30-10-14-32-12-2-4-20(32)18-34)22-16-24-23(15-21(22)25)27(35)7-8-28(24)36/h5-8,15-16,19-20,29-30,33-36H,1-4,9-14,17-18H2. The lowest BCUT2D eigenvalue weighted by Gasteiger charge is -2.24. The predicted molar refractivity (Wildman–Crippen MR) is 145 cm³/mol. The third-order valence-electron chi connectivity index (χ3n) is 7.95. The van der Waals surface area contributed by atoms with Gasteiger partial charge in [0.25, 0.3) is 0 Å². The van der Waals surface area contributed by atoms with Crippen molar-refractivity contribution in [1.29, 1.82) is 0 Å². The van der Waals surface area contributed by atoms with Crippen LogP contribution in [0.5, 0.6) is 11.5 Å². The topological polar surface area (TPSA) is 111 Å². The van der Waals surface area contributed by atoms with E-state index in [-0.39, 0.29) is 36.8 Å². The zero-order valence-corrected chi connectivity index (χ0v) is 20.8. The second kappa shape index (κ2) is 11.1. The van der Waals surface area contributed by atoms with Crippen LogP contribution in [0.1, 0.15) is 25.7 Å². The van der Waals surface area contributed by atoms with Crippen LogP contribution in [-0.4, -0.2) is 94.8 Å².